The molecule has 0 amide bonds. The van der Waals surface area contributed by atoms with Gasteiger partial charge in [-0.15, -0.1) is 0 Å². The molecule has 0 rings (SSSR count). The first-order valence-corrected chi connectivity index (χ1v) is 29.8. The van der Waals surface area contributed by atoms with Crippen LogP contribution >= 0.6 is 0 Å². The van der Waals surface area contributed by atoms with E-state index >= 15 is 0 Å². The van der Waals surface area contributed by atoms with Gasteiger partial charge in [0.15, 0.2) is 6.10 Å². The Balaban J connectivity index is 4.35. The average molecular weight is 974 g/mol. The summed E-state index contributed by atoms with van der Waals surface area (Å²) in [6.45, 7) is 7.66. The van der Waals surface area contributed by atoms with Crippen molar-refractivity contribution in [2.45, 2.75) is 284 Å². The summed E-state index contributed by atoms with van der Waals surface area (Å²) in [5, 5.41) is 0. The minimum Gasteiger partial charge on any atom is -0.462 e. The number of unbranched alkanes of at least 4 members (excludes halogenated alkanes) is 27. The van der Waals surface area contributed by atoms with Crippen molar-refractivity contribution in [3.8, 4) is 0 Å². The first-order chi connectivity index (χ1) is 34.6. The van der Waals surface area contributed by atoms with Crippen LogP contribution < -0.4 is 0 Å². The first-order valence-electron chi connectivity index (χ1n) is 29.8. The van der Waals surface area contributed by atoms with Gasteiger partial charge in [0.2, 0.25) is 0 Å². The highest BCUT2D eigenvalue weighted by atomic mass is 16.6. The molecular weight excluding hydrogens is 861 g/mol. The molecule has 0 saturated heterocycles. The summed E-state index contributed by atoms with van der Waals surface area (Å²) in [5.41, 5.74) is 0. The van der Waals surface area contributed by atoms with E-state index in [-0.39, 0.29) is 25.2 Å². The Labute approximate surface area is 434 Å². The molecule has 0 aromatic rings. The van der Waals surface area contributed by atoms with Crippen LogP contribution in [0.2, 0.25) is 0 Å². The molecule has 5 heteroatoms. The summed E-state index contributed by atoms with van der Waals surface area (Å²) in [6, 6.07) is 0. The van der Waals surface area contributed by atoms with E-state index in [1.54, 1.807) is 0 Å². The van der Waals surface area contributed by atoms with Crippen LogP contribution in [0.4, 0.5) is 0 Å². The Morgan fingerprint density at radius 1 is 0.329 bits per heavy atom. The fourth-order valence-corrected chi connectivity index (χ4v) is 8.19. The van der Waals surface area contributed by atoms with Crippen LogP contribution in [0.1, 0.15) is 278 Å². The van der Waals surface area contributed by atoms with Crippen LogP contribution in [0.25, 0.3) is 0 Å². The highest BCUT2D eigenvalue weighted by molar-refractivity contribution is 5.70. The van der Waals surface area contributed by atoms with E-state index < -0.39 is 6.10 Å². The quantitative estimate of drug-likeness (QED) is 0.0345. The molecular formula is C65H112O5. The first kappa shape index (κ1) is 66.8. The predicted octanol–water partition coefficient (Wildman–Crippen LogP) is 20.6. The van der Waals surface area contributed by atoms with Crippen molar-refractivity contribution < 1.29 is 23.8 Å². The molecule has 0 aliphatic heterocycles. The van der Waals surface area contributed by atoms with Gasteiger partial charge < -0.3 is 14.2 Å². The van der Waals surface area contributed by atoms with Crippen LogP contribution in [0.3, 0.4) is 0 Å². The standard InChI is InChI=1S/C65H112O5/c1-4-7-10-13-16-19-22-25-28-30-32-34-36-39-42-45-48-51-54-57-60-68-61-63(70-65(67)59-56-53-50-47-44-41-37-27-24-21-18-15-12-9-6-3)62-69-64(66)58-55-52-49-46-43-40-38-35-33-31-29-26-23-20-17-14-11-8-5-2/h8,11,16-17,19-20,25-26,28-29,32-35,40,43,63H,4-7,9-10,12-15,18,21-24,27,30-31,36-39,41-42,44-62H2,1-3H3/b11-8-,19-16-,20-17-,28-25-,29-26-,34-32-,35-33-,43-40-. The number of esters is 2. The zero-order valence-electron chi connectivity index (χ0n) is 46.3. The summed E-state index contributed by atoms with van der Waals surface area (Å²) < 4.78 is 17.5. The number of carbonyl (C=O) groups excluding carboxylic acids is 2. The van der Waals surface area contributed by atoms with Gasteiger partial charge in [-0.25, -0.2) is 0 Å². The van der Waals surface area contributed by atoms with Gasteiger partial charge >= 0.3 is 11.9 Å². The summed E-state index contributed by atoms with van der Waals surface area (Å²) in [4.78, 5) is 25.5. The van der Waals surface area contributed by atoms with Gasteiger partial charge in [0.05, 0.1) is 6.61 Å². The van der Waals surface area contributed by atoms with E-state index in [0.717, 1.165) is 96.3 Å². The number of rotatable bonds is 54. The summed E-state index contributed by atoms with van der Waals surface area (Å²) in [7, 11) is 0. The smallest absolute Gasteiger partial charge is 0.306 e. The second-order valence-electron chi connectivity index (χ2n) is 19.5. The lowest BCUT2D eigenvalue weighted by Gasteiger charge is -2.18. The minimum absolute atomic E-state index is 0.0617. The molecule has 0 heterocycles. The molecule has 0 aromatic carbocycles. The number of ether oxygens (including phenoxy) is 3. The third-order valence-corrected chi connectivity index (χ3v) is 12.6. The topological polar surface area (TPSA) is 61.8 Å². The fourth-order valence-electron chi connectivity index (χ4n) is 8.19. The van der Waals surface area contributed by atoms with Crippen LogP contribution in [0.5, 0.6) is 0 Å². The Hall–Kier alpha value is -3.18. The fraction of sp³-hybridized carbons (Fsp3) is 0.723. The van der Waals surface area contributed by atoms with Crippen LogP contribution in [-0.2, 0) is 23.8 Å². The molecule has 0 aliphatic carbocycles. The van der Waals surface area contributed by atoms with Crippen LogP contribution in [0.15, 0.2) is 97.2 Å². The number of hydrogen-bond acceptors (Lipinski definition) is 5. The van der Waals surface area contributed by atoms with Crippen molar-refractivity contribution in [1.82, 2.24) is 0 Å². The van der Waals surface area contributed by atoms with E-state index in [9.17, 15) is 9.59 Å². The van der Waals surface area contributed by atoms with Crippen molar-refractivity contribution in [1.29, 1.82) is 0 Å². The zero-order valence-corrected chi connectivity index (χ0v) is 46.3. The molecule has 0 aromatic heterocycles. The maximum absolute atomic E-state index is 12.9. The van der Waals surface area contributed by atoms with Gasteiger partial charge in [-0.3, -0.25) is 9.59 Å². The Bertz CT molecular complexity index is 1330. The molecule has 0 fully saturated rings. The zero-order chi connectivity index (χ0) is 50.6. The largest absolute Gasteiger partial charge is 0.462 e. The molecule has 0 spiro atoms. The lowest BCUT2D eigenvalue weighted by molar-refractivity contribution is -0.163. The highest BCUT2D eigenvalue weighted by Crippen LogP contribution is 2.15. The molecule has 0 aliphatic rings. The molecule has 0 N–H and O–H groups in total. The molecule has 1 atom stereocenters. The maximum Gasteiger partial charge on any atom is 0.306 e. The third-order valence-electron chi connectivity index (χ3n) is 12.6. The van der Waals surface area contributed by atoms with Gasteiger partial charge in [0, 0.05) is 19.4 Å². The van der Waals surface area contributed by atoms with E-state index in [1.807, 2.05) is 0 Å². The van der Waals surface area contributed by atoms with Crippen LogP contribution in [0, 0.1) is 0 Å². The third kappa shape index (κ3) is 57.4. The lowest BCUT2D eigenvalue weighted by Crippen LogP contribution is -2.30. The Morgan fingerprint density at radius 2 is 0.643 bits per heavy atom. The van der Waals surface area contributed by atoms with Gasteiger partial charge in [0.1, 0.15) is 6.61 Å². The van der Waals surface area contributed by atoms with E-state index in [1.165, 1.54) is 148 Å². The van der Waals surface area contributed by atoms with E-state index in [0.29, 0.717) is 19.4 Å². The molecule has 402 valence electrons. The average Bonchev–Trinajstić information content (AvgIpc) is 3.36. The predicted molar refractivity (Wildman–Crippen MR) is 306 cm³/mol. The summed E-state index contributed by atoms with van der Waals surface area (Å²) in [6.07, 6.45) is 81.4. The van der Waals surface area contributed by atoms with Crippen molar-refractivity contribution in [3.05, 3.63) is 97.2 Å². The lowest BCUT2D eigenvalue weighted by atomic mass is 10.0. The molecule has 1 unspecified atom stereocenters. The Morgan fingerprint density at radius 3 is 1.07 bits per heavy atom. The Kier molecular flexibility index (Phi) is 57.4. The number of hydrogen-bond donors (Lipinski definition) is 0. The van der Waals surface area contributed by atoms with Gasteiger partial charge in [-0.1, -0.05) is 259 Å². The molecule has 5 nitrogen and oxygen atoms in total. The minimum atomic E-state index is -0.560. The van der Waals surface area contributed by atoms with E-state index in [2.05, 4.69) is 118 Å². The van der Waals surface area contributed by atoms with Crippen molar-refractivity contribution in [2.24, 2.45) is 0 Å². The monoisotopic (exact) mass is 973 g/mol. The summed E-state index contributed by atoms with van der Waals surface area (Å²) in [5.74, 6) is -0.434. The highest BCUT2D eigenvalue weighted by Gasteiger charge is 2.17. The summed E-state index contributed by atoms with van der Waals surface area (Å²) >= 11 is 0. The number of allylic oxidation sites excluding steroid dienone is 16. The van der Waals surface area contributed by atoms with Crippen molar-refractivity contribution >= 4 is 11.9 Å². The maximum atomic E-state index is 12.9. The molecule has 0 saturated carbocycles. The SMILES string of the molecule is CC/C=C\C/C=C\C/C=C\C/C=C\C/C=C\CCCCCC(=O)OCC(COCCCCCCCCC/C=C\C/C=C\C/C=C\CCCCC)OC(=O)CCCCCCCCCCCCCCCCC. The molecule has 0 bridgehead atoms. The van der Waals surface area contributed by atoms with Crippen molar-refractivity contribution in [2.75, 3.05) is 19.8 Å². The second kappa shape index (κ2) is 60.1. The van der Waals surface area contributed by atoms with Gasteiger partial charge in [-0.05, 0) is 103 Å². The second-order valence-corrected chi connectivity index (χ2v) is 19.5. The normalized spacial score (nSPS) is 12.9. The van der Waals surface area contributed by atoms with Gasteiger partial charge in [0.25, 0.3) is 0 Å². The molecule has 0 radical (unpaired) electrons. The van der Waals surface area contributed by atoms with Crippen molar-refractivity contribution in [3.63, 3.8) is 0 Å². The number of carbonyl (C=O) groups is 2. The molecule has 70 heavy (non-hydrogen) atoms. The van der Waals surface area contributed by atoms with E-state index in [4.69, 9.17) is 14.2 Å². The van der Waals surface area contributed by atoms with Gasteiger partial charge in [-0.2, -0.15) is 0 Å². The van der Waals surface area contributed by atoms with Crippen LogP contribution in [-0.4, -0.2) is 37.9 Å².